The predicted molar refractivity (Wildman–Crippen MR) is 86.1 cm³/mol. The molecule has 0 unspecified atom stereocenters. The Morgan fingerprint density at radius 3 is 2.96 bits per heavy atom. The van der Waals surface area contributed by atoms with Gasteiger partial charge in [-0.2, -0.15) is 4.98 Å². The molecule has 3 heterocycles. The van der Waals surface area contributed by atoms with Crippen LogP contribution in [0, 0.1) is 5.82 Å². The number of hydrogen-bond donors (Lipinski definition) is 1. The van der Waals surface area contributed by atoms with Gasteiger partial charge in [-0.3, -0.25) is 4.40 Å². The maximum absolute atomic E-state index is 13.5. The van der Waals surface area contributed by atoms with E-state index in [9.17, 15) is 4.39 Å². The van der Waals surface area contributed by atoms with Gasteiger partial charge in [0.05, 0.1) is 6.20 Å². The molecule has 1 N–H and O–H groups in total. The zero-order valence-electron chi connectivity index (χ0n) is 13.1. The molecule has 0 amide bonds. The third-order valence-corrected chi connectivity index (χ3v) is 3.39. The molecule has 3 aromatic rings. The highest BCUT2D eigenvalue weighted by molar-refractivity contribution is 5.42. The summed E-state index contributed by atoms with van der Waals surface area (Å²) in [7, 11) is 3.48. The lowest BCUT2D eigenvalue weighted by Crippen LogP contribution is -2.15. The van der Waals surface area contributed by atoms with Crippen LogP contribution in [0.4, 0.5) is 16.2 Å². The molecule has 120 valence electrons. The number of nitrogens with one attached hydrogen (secondary N) is 1. The van der Waals surface area contributed by atoms with E-state index in [0.717, 1.165) is 24.3 Å². The highest BCUT2D eigenvalue weighted by Crippen LogP contribution is 2.14. The summed E-state index contributed by atoms with van der Waals surface area (Å²) in [5.74, 6) is 1.17. The summed E-state index contributed by atoms with van der Waals surface area (Å²) in [5.41, 5.74) is 0.841. The van der Waals surface area contributed by atoms with Gasteiger partial charge in [0, 0.05) is 33.3 Å². The molecule has 0 aliphatic carbocycles. The number of pyridine rings is 1. The zero-order chi connectivity index (χ0) is 16.2. The van der Waals surface area contributed by atoms with Crippen molar-refractivity contribution >= 4 is 17.4 Å². The normalized spacial score (nSPS) is 10.9. The van der Waals surface area contributed by atoms with Crippen LogP contribution < -0.4 is 10.2 Å². The average molecular weight is 315 g/mol. The van der Waals surface area contributed by atoms with Crippen molar-refractivity contribution < 1.29 is 4.39 Å². The van der Waals surface area contributed by atoms with Gasteiger partial charge in [-0.05, 0) is 18.6 Å². The van der Waals surface area contributed by atoms with Crippen LogP contribution in [0.1, 0.15) is 12.2 Å². The van der Waals surface area contributed by atoms with Crippen molar-refractivity contribution in [2.24, 2.45) is 0 Å². The molecular formula is C15H18FN7. The highest BCUT2D eigenvalue weighted by atomic mass is 19.1. The number of anilines is 2. The van der Waals surface area contributed by atoms with E-state index >= 15 is 0 Å². The van der Waals surface area contributed by atoms with E-state index in [0.29, 0.717) is 12.5 Å². The molecule has 0 aromatic carbocycles. The molecule has 3 aromatic heterocycles. The van der Waals surface area contributed by atoms with Gasteiger partial charge in [-0.1, -0.05) is 6.07 Å². The van der Waals surface area contributed by atoms with Crippen LogP contribution in [0.15, 0.2) is 30.6 Å². The summed E-state index contributed by atoms with van der Waals surface area (Å²) in [6, 6.07) is 5.81. The number of halogens is 1. The number of fused-ring (bicyclic) bond motifs is 1. The average Bonchev–Trinajstić information content (AvgIpc) is 2.96. The van der Waals surface area contributed by atoms with Crippen LogP contribution >= 0.6 is 0 Å². The molecule has 3 rings (SSSR count). The lowest BCUT2D eigenvalue weighted by molar-refractivity contribution is 0.612. The Hall–Kier alpha value is -2.77. The fourth-order valence-corrected chi connectivity index (χ4v) is 2.27. The second kappa shape index (κ2) is 6.55. The third-order valence-electron chi connectivity index (χ3n) is 3.39. The Morgan fingerprint density at radius 1 is 1.26 bits per heavy atom. The first-order chi connectivity index (χ1) is 11.1. The summed E-state index contributed by atoms with van der Waals surface area (Å²) < 4.78 is 15.5. The third kappa shape index (κ3) is 3.36. The summed E-state index contributed by atoms with van der Waals surface area (Å²) in [4.78, 5) is 9.72. The topological polar surface area (TPSA) is 71.2 Å². The molecule has 23 heavy (non-hydrogen) atoms. The monoisotopic (exact) mass is 315 g/mol. The smallest absolute Gasteiger partial charge is 0.224 e. The largest absolute Gasteiger partial charge is 0.360 e. The Morgan fingerprint density at radius 2 is 2.13 bits per heavy atom. The van der Waals surface area contributed by atoms with Crippen LogP contribution in [-0.4, -0.2) is 45.2 Å². The first-order valence-electron chi connectivity index (χ1n) is 7.37. The Labute approximate surface area is 133 Å². The SMILES string of the molecule is CN(C)c1nc(NCCCc2nnc3ccccn23)ncc1F. The van der Waals surface area contributed by atoms with E-state index in [4.69, 9.17) is 0 Å². The molecule has 7 nitrogen and oxygen atoms in total. The minimum Gasteiger partial charge on any atom is -0.360 e. The molecule has 0 bridgehead atoms. The molecule has 0 fully saturated rings. The molecule has 0 aliphatic rings. The molecule has 0 atom stereocenters. The van der Waals surface area contributed by atoms with E-state index in [1.807, 2.05) is 28.8 Å². The Bertz CT molecular complexity index is 799. The maximum Gasteiger partial charge on any atom is 0.224 e. The van der Waals surface area contributed by atoms with Gasteiger partial charge in [-0.25, -0.2) is 9.37 Å². The Balaban J connectivity index is 1.57. The number of nitrogens with zero attached hydrogens (tertiary/aromatic N) is 6. The molecule has 8 heteroatoms. The van der Waals surface area contributed by atoms with E-state index in [2.05, 4.69) is 25.5 Å². The lowest BCUT2D eigenvalue weighted by Gasteiger charge is -2.13. The van der Waals surface area contributed by atoms with Gasteiger partial charge in [0.2, 0.25) is 5.95 Å². The van der Waals surface area contributed by atoms with Crippen LogP contribution in [0.2, 0.25) is 0 Å². The fraction of sp³-hybridized carbons (Fsp3) is 0.333. The molecule has 0 saturated carbocycles. The first-order valence-corrected chi connectivity index (χ1v) is 7.37. The van der Waals surface area contributed by atoms with Crippen molar-refractivity contribution in [3.05, 3.63) is 42.2 Å². The number of hydrogen-bond acceptors (Lipinski definition) is 6. The number of aromatic nitrogens is 5. The second-order valence-corrected chi connectivity index (χ2v) is 5.33. The molecular weight excluding hydrogens is 297 g/mol. The van der Waals surface area contributed by atoms with Gasteiger partial charge >= 0.3 is 0 Å². The minimum absolute atomic E-state index is 0.269. The fourth-order valence-electron chi connectivity index (χ4n) is 2.27. The van der Waals surface area contributed by atoms with Crippen LogP contribution in [-0.2, 0) is 6.42 Å². The lowest BCUT2D eigenvalue weighted by atomic mass is 10.3. The molecule has 0 saturated heterocycles. The van der Waals surface area contributed by atoms with Gasteiger partial charge in [0.25, 0.3) is 0 Å². The van der Waals surface area contributed by atoms with Crippen molar-refractivity contribution in [3.8, 4) is 0 Å². The van der Waals surface area contributed by atoms with E-state index in [1.165, 1.54) is 6.20 Å². The van der Waals surface area contributed by atoms with Gasteiger partial charge in [0.1, 0.15) is 5.82 Å². The van der Waals surface area contributed by atoms with Crippen LogP contribution in [0.25, 0.3) is 5.65 Å². The number of aryl methyl sites for hydroxylation is 1. The van der Waals surface area contributed by atoms with Crippen molar-refractivity contribution in [2.45, 2.75) is 12.8 Å². The first kappa shape index (κ1) is 15.1. The summed E-state index contributed by atoms with van der Waals surface area (Å²) >= 11 is 0. The summed E-state index contributed by atoms with van der Waals surface area (Å²) in [6.45, 7) is 0.667. The summed E-state index contributed by atoms with van der Waals surface area (Å²) in [5, 5.41) is 11.4. The van der Waals surface area contributed by atoms with Gasteiger partial charge in [0.15, 0.2) is 17.3 Å². The Kier molecular flexibility index (Phi) is 4.31. The van der Waals surface area contributed by atoms with E-state index in [1.54, 1.807) is 19.0 Å². The van der Waals surface area contributed by atoms with Crippen molar-refractivity contribution in [2.75, 3.05) is 30.9 Å². The van der Waals surface area contributed by atoms with Crippen LogP contribution in [0.5, 0.6) is 0 Å². The van der Waals surface area contributed by atoms with Gasteiger partial charge in [-0.15, -0.1) is 10.2 Å². The minimum atomic E-state index is -0.435. The second-order valence-electron chi connectivity index (χ2n) is 5.33. The highest BCUT2D eigenvalue weighted by Gasteiger charge is 2.09. The zero-order valence-corrected chi connectivity index (χ0v) is 13.1. The predicted octanol–water partition coefficient (Wildman–Crippen LogP) is 1.77. The van der Waals surface area contributed by atoms with Crippen molar-refractivity contribution in [3.63, 3.8) is 0 Å². The van der Waals surface area contributed by atoms with Crippen molar-refractivity contribution in [1.82, 2.24) is 24.6 Å². The van der Waals surface area contributed by atoms with Crippen molar-refractivity contribution in [1.29, 1.82) is 0 Å². The molecule has 0 aliphatic heterocycles. The van der Waals surface area contributed by atoms with E-state index in [-0.39, 0.29) is 5.82 Å². The number of rotatable bonds is 6. The quantitative estimate of drug-likeness (QED) is 0.699. The van der Waals surface area contributed by atoms with E-state index < -0.39 is 5.82 Å². The molecule has 0 spiro atoms. The van der Waals surface area contributed by atoms with Gasteiger partial charge < -0.3 is 10.2 Å². The molecule has 0 radical (unpaired) electrons. The summed E-state index contributed by atoms with van der Waals surface area (Å²) in [6.07, 6.45) is 4.74. The standard InChI is InChI=1S/C15H18FN7/c1-22(2)14-11(16)10-18-15(19-14)17-8-5-7-13-21-20-12-6-3-4-9-23(12)13/h3-4,6,9-10H,5,7-8H2,1-2H3,(H,17,18,19). The maximum atomic E-state index is 13.5. The van der Waals surface area contributed by atoms with Crippen LogP contribution in [0.3, 0.4) is 0 Å².